The Morgan fingerprint density at radius 1 is 1.33 bits per heavy atom. The van der Waals surface area contributed by atoms with Crippen molar-refractivity contribution >= 4 is 31.9 Å². The fraction of sp³-hybridized carbons (Fsp3) is 0.308. The first-order valence-corrected chi connectivity index (χ1v) is 7.27. The number of hydrogen-bond donors (Lipinski definition) is 1. The molecule has 0 aliphatic rings. The summed E-state index contributed by atoms with van der Waals surface area (Å²) in [7, 11) is 0. The first kappa shape index (κ1) is 13.8. The molecule has 1 aromatic carbocycles. The third kappa shape index (κ3) is 3.22. The average Bonchev–Trinajstić information content (AvgIpc) is 2.77. The van der Waals surface area contributed by atoms with Gasteiger partial charge in [0.15, 0.2) is 12.2 Å². The third-order valence-corrected chi connectivity index (χ3v) is 3.68. The molecule has 0 radical (unpaired) electrons. The van der Waals surface area contributed by atoms with Crippen LogP contribution in [0.1, 0.15) is 19.5 Å². The highest BCUT2D eigenvalue weighted by Gasteiger charge is 2.14. The number of halogens is 2. The third-order valence-electron chi connectivity index (χ3n) is 2.49. The van der Waals surface area contributed by atoms with Crippen LogP contribution in [-0.4, -0.2) is 11.0 Å². The highest BCUT2D eigenvalue weighted by atomic mass is 79.9. The summed E-state index contributed by atoms with van der Waals surface area (Å²) in [4.78, 5) is 4.27. The van der Waals surface area contributed by atoms with Crippen LogP contribution in [0.3, 0.4) is 0 Å². The van der Waals surface area contributed by atoms with E-state index in [1.807, 2.05) is 18.2 Å². The molecule has 0 fully saturated rings. The van der Waals surface area contributed by atoms with Gasteiger partial charge in [-0.15, -0.1) is 0 Å². The lowest BCUT2D eigenvalue weighted by molar-refractivity contribution is 0.562. The molecule has 0 aliphatic heterocycles. The van der Waals surface area contributed by atoms with E-state index in [9.17, 15) is 0 Å². The summed E-state index contributed by atoms with van der Waals surface area (Å²) in [5.74, 6) is 0.802. The van der Waals surface area contributed by atoms with E-state index in [0.29, 0.717) is 12.6 Å². The van der Waals surface area contributed by atoms with Crippen LogP contribution in [0.5, 0.6) is 0 Å². The Bertz CT molecular complexity index is 538. The second-order valence-corrected chi connectivity index (χ2v) is 6.06. The first-order chi connectivity index (χ1) is 8.58. The maximum absolute atomic E-state index is 5.52. The molecule has 0 saturated carbocycles. The fourth-order valence-electron chi connectivity index (χ4n) is 1.59. The molecule has 1 N–H and O–H groups in total. The molecule has 1 aromatic heterocycles. The number of nitrogens with zero attached hydrogens (tertiary/aromatic N) is 1. The number of aromatic nitrogens is 1. The number of nitrogens with one attached hydrogen (secondary N) is 1. The normalized spacial score (nSPS) is 11.2. The zero-order valence-corrected chi connectivity index (χ0v) is 13.4. The maximum atomic E-state index is 5.52. The van der Waals surface area contributed by atoms with E-state index in [1.54, 1.807) is 0 Å². The monoisotopic (exact) mass is 372 g/mol. The molecule has 0 atom stereocenters. The second-order valence-electron chi connectivity index (χ2n) is 4.29. The van der Waals surface area contributed by atoms with Crippen molar-refractivity contribution in [1.29, 1.82) is 0 Å². The molecular formula is C13H14Br2N2O. The molecule has 0 unspecified atom stereocenters. The smallest absolute Gasteiger partial charge is 0.181 e. The van der Waals surface area contributed by atoms with Gasteiger partial charge in [-0.1, -0.05) is 45.7 Å². The van der Waals surface area contributed by atoms with E-state index in [1.165, 1.54) is 6.39 Å². The van der Waals surface area contributed by atoms with Gasteiger partial charge in [-0.2, -0.15) is 0 Å². The first-order valence-electron chi connectivity index (χ1n) is 5.69. The number of benzene rings is 1. The van der Waals surface area contributed by atoms with E-state index in [2.05, 4.69) is 56.0 Å². The van der Waals surface area contributed by atoms with Gasteiger partial charge in [-0.3, -0.25) is 0 Å². The lowest BCUT2D eigenvalue weighted by atomic mass is 10.1. The predicted molar refractivity (Wildman–Crippen MR) is 79.3 cm³/mol. The molecule has 2 rings (SSSR count). The van der Waals surface area contributed by atoms with Gasteiger partial charge >= 0.3 is 0 Å². The Hall–Kier alpha value is -0.650. The van der Waals surface area contributed by atoms with E-state index in [4.69, 9.17) is 4.42 Å². The molecule has 5 heteroatoms. The van der Waals surface area contributed by atoms with Crippen LogP contribution in [-0.2, 0) is 6.54 Å². The lowest BCUT2D eigenvalue weighted by Crippen LogP contribution is -2.22. The molecule has 0 aliphatic carbocycles. The zero-order chi connectivity index (χ0) is 13.1. The SMILES string of the molecule is CC(C)NCc1ncoc1-c1cc(Br)ccc1Br. The standard InChI is InChI=1S/C13H14Br2N2O/c1-8(2)16-6-12-13(18-7-17-12)10-5-9(14)3-4-11(10)15/h3-5,7-8,16H,6H2,1-2H3. The van der Waals surface area contributed by atoms with Gasteiger partial charge in [0.05, 0.1) is 0 Å². The number of hydrogen-bond acceptors (Lipinski definition) is 3. The summed E-state index contributed by atoms with van der Waals surface area (Å²) in [6.07, 6.45) is 1.49. The van der Waals surface area contributed by atoms with Crippen molar-refractivity contribution in [1.82, 2.24) is 10.3 Å². The Morgan fingerprint density at radius 3 is 2.83 bits per heavy atom. The van der Waals surface area contributed by atoms with Crippen LogP contribution < -0.4 is 5.32 Å². The zero-order valence-electron chi connectivity index (χ0n) is 10.2. The maximum Gasteiger partial charge on any atom is 0.181 e. The molecule has 0 spiro atoms. The second kappa shape index (κ2) is 5.99. The molecule has 0 amide bonds. The van der Waals surface area contributed by atoms with Gasteiger partial charge < -0.3 is 9.73 Å². The van der Waals surface area contributed by atoms with Gasteiger partial charge in [-0.25, -0.2) is 4.98 Å². The van der Waals surface area contributed by atoms with Crippen molar-refractivity contribution in [3.63, 3.8) is 0 Å². The molecule has 0 saturated heterocycles. The van der Waals surface area contributed by atoms with Crippen molar-refractivity contribution in [2.45, 2.75) is 26.4 Å². The molecule has 1 heterocycles. The summed E-state index contributed by atoms with van der Waals surface area (Å²) in [6, 6.07) is 6.40. The summed E-state index contributed by atoms with van der Waals surface area (Å²) >= 11 is 7.01. The Kier molecular flexibility index (Phi) is 4.59. The summed E-state index contributed by atoms with van der Waals surface area (Å²) in [5, 5.41) is 3.34. The average molecular weight is 374 g/mol. The highest BCUT2D eigenvalue weighted by Crippen LogP contribution is 2.32. The van der Waals surface area contributed by atoms with Crippen LogP contribution >= 0.6 is 31.9 Å². The summed E-state index contributed by atoms with van der Waals surface area (Å²) in [6.45, 7) is 4.91. The molecule has 18 heavy (non-hydrogen) atoms. The molecular weight excluding hydrogens is 360 g/mol. The fourth-order valence-corrected chi connectivity index (χ4v) is 2.37. The molecule has 96 valence electrons. The highest BCUT2D eigenvalue weighted by molar-refractivity contribution is 9.11. The lowest BCUT2D eigenvalue weighted by Gasteiger charge is -2.08. The minimum absolute atomic E-state index is 0.417. The van der Waals surface area contributed by atoms with Gasteiger partial charge in [0.1, 0.15) is 5.69 Å². The van der Waals surface area contributed by atoms with E-state index in [0.717, 1.165) is 26.0 Å². The molecule has 3 nitrogen and oxygen atoms in total. The van der Waals surface area contributed by atoms with Crippen molar-refractivity contribution in [2.24, 2.45) is 0 Å². The van der Waals surface area contributed by atoms with Crippen LogP contribution in [0.15, 0.2) is 38.0 Å². The van der Waals surface area contributed by atoms with Gasteiger partial charge in [0, 0.05) is 27.1 Å². The number of oxazole rings is 1. The van der Waals surface area contributed by atoms with E-state index >= 15 is 0 Å². The Morgan fingerprint density at radius 2 is 2.11 bits per heavy atom. The summed E-state index contributed by atoms with van der Waals surface area (Å²) in [5.41, 5.74) is 1.92. The Balaban J connectivity index is 2.33. The minimum Gasteiger partial charge on any atom is -0.443 e. The van der Waals surface area contributed by atoms with Crippen molar-refractivity contribution in [3.8, 4) is 11.3 Å². The van der Waals surface area contributed by atoms with Crippen molar-refractivity contribution in [3.05, 3.63) is 39.2 Å². The number of rotatable bonds is 4. The predicted octanol–water partition coefficient (Wildman–Crippen LogP) is 4.36. The molecule has 2 aromatic rings. The van der Waals surface area contributed by atoms with Crippen molar-refractivity contribution < 1.29 is 4.42 Å². The molecule has 0 bridgehead atoms. The van der Waals surface area contributed by atoms with Gasteiger partial charge in [0.2, 0.25) is 0 Å². The van der Waals surface area contributed by atoms with Crippen molar-refractivity contribution in [2.75, 3.05) is 0 Å². The largest absolute Gasteiger partial charge is 0.443 e. The quantitative estimate of drug-likeness (QED) is 0.864. The Labute approximate surface area is 123 Å². The van der Waals surface area contributed by atoms with Gasteiger partial charge in [-0.05, 0) is 18.2 Å². The minimum atomic E-state index is 0.417. The van der Waals surface area contributed by atoms with Crippen LogP contribution in [0.4, 0.5) is 0 Å². The van der Waals surface area contributed by atoms with Gasteiger partial charge in [0.25, 0.3) is 0 Å². The topological polar surface area (TPSA) is 38.1 Å². The van der Waals surface area contributed by atoms with Crippen LogP contribution in [0.2, 0.25) is 0 Å². The van der Waals surface area contributed by atoms with Crippen LogP contribution in [0, 0.1) is 0 Å². The van der Waals surface area contributed by atoms with Crippen LogP contribution in [0.25, 0.3) is 11.3 Å². The van der Waals surface area contributed by atoms with E-state index < -0.39 is 0 Å². The van der Waals surface area contributed by atoms with E-state index in [-0.39, 0.29) is 0 Å². The summed E-state index contributed by atoms with van der Waals surface area (Å²) < 4.78 is 7.52.